The van der Waals surface area contributed by atoms with Crippen LogP contribution in [-0.4, -0.2) is 22.9 Å². The number of terminal acetylenes is 1. The van der Waals surface area contributed by atoms with Crippen molar-refractivity contribution in [3.63, 3.8) is 0 Å². The molecule has 4 rings (SSSR count). The molecule has 0 spiro atoms. The zero-order chi connectivity index (χ0) is 18.0. The summed E-state index contributed by atoms with van der Waals surface area (Å²) >= 11 is 0. The van der Waals surface area contributed by atoms with Crippen molar-refractivity contribution in [1.82, 2.24) is 0 Å². The predicted molar refractivity (Wildman–Crippen MR) is 90.8 cm³/mol. The summed E-state index contributed by atoms with van der Waals surface area (Å²) in [6.45, 7) is 1.94. The van der Waals surface area contributed by atoms with Crippen LogP contribution < -0.4 is 0 Å². The molecule has 0 aliphatic heterocycles. The highest BCUT2D eigenvalue weighted by molar-refractivity contribution is 5.91. The second kappa shape index (κ2) is 5.64. The summed E-state index contributed by atoms with van der Waals surface area (Å²) in [5, 5.41) is 11.0. The third-order valence-corrected chi connectivity index (χ3v) is 8.06. The molecule has 7 atom stereocenters. The molecule has 4 aliphatic rings. The van der Waals surface area contributed by atoms with E-state index >= 15 is 0 Å². The predicted octanol–water partition coefficient (Wildman–Crippen LogP) is 3.98. The lowest BCUT2D eigenvalue weighted by Gasteiger charge is -2.57. The molecule has 0 aromatic rings. The molecule has 4 heteroatoms. The van der Waals surface area contributed by atoms with Gasteiger partial charge in [-0.15, -0.1) is 6.42 Å². The molecule has 25 heavy (non-hydrogen) atoms. The number of halogens is 2. The van der Waals surface area contributed by atoms with E-state index in [0.29, 0.717) is 19.3 Å². The Hall–Kier alpha value is -1.21. The highest BCUT2D eigenvalue weighted by Gasteiger charge is 2.65. The lowest BCUT2D eigenvalue weighted by molar-refractivity contribution is -0.143. The maximum Gasteiger partial charge on any atom is 0.241 e. The van der Waals surface area contributed by atoms with Gasteiger partial charge in [-0.05, 0) is 68.3 Å². The van der Waals surface area contributed by atoms with Gasteiger partial charge in [0.15, 0.2) is 5.78 Å². The molecule has 5 unspecified atom stereocenters. The maximum atomic E-state index is 14.1. The molecule has 0 aromatic carbocycles. The average Bonchev–Trinajstić information content (AvgIpc) is 2.85. The van der Waals surface area contributed by atoms with Crippen LogP contribution in [0, 0.1) is 47.3 Å². The molecule has 2 nitrogen and oxygen atoms in total. The Morgan fingerprint density at radius 2 is 2.08 bits per heavy atom. The lowest BCUT2D eigenvalue weighted by Crippen LogP contribution is -2.56. The third kappa shape index (κ3) is 2.28. The molecular weight excluding hydrogens is 322 g/mol. The monoisotopic (exact) mass is 348 g/mol. The van der Waals surface area contributed by atoms with E-state index in [0.717, 1.165) is 24.8 Å². The number of carbonyl (C=O) groups is 1. The minimum atomic E-state index is -2.41. The van der Waals surface area contributed by atoms with Crippen LogP contribution in [0.1, 0.15) is 51.9 Å². The number of alkyl halides is 2. The van der Waals surface area contributed by atoms with Crippen molar-refractivity contribution >= 4 is 5.78 Å². The molecule has 136 valence electrons. The van der Waals surface area contributed by atoms with Crippen LogP contribution in [0.4, 0.5) is 8.78 Å². The van der Waals surface area contributed by atoms with Gasteiger partial charge < -0.3 is 5.11 Å². The summed E-state index contributed by atoms with van der Waals surface area (Å²) < 4.78 is 28.2. The summed E-state index contributed by atoms with van der Waals surface area (Å²) in [4.78, 5) is 11.8. The summed E-state index contributed by atoms with van der Waals surface area (Å²) in [5.74, 6) is 2.36. The Labute approximate surface area is 148 Å². The van der Waals surface area contributed by atoms with E-state index in [1.807, 2.05) is 6.92 Å². The first-order chi connectivity index (χ1) is 11.8. The molecule has 0 amide bonds. The zero-order valence-electron chi connectivity index (χ0n) is 14.7. The minimum absolute atomic E-state index is 0.0775. The van der Waals surface area contributed by atoms with Crippen molar-refractivity contribution in [2.24, 2.45) is 35.0 Å². The van der Waals surface area contributed by atoms with Gasteiger partial charge in [-0.3, -0.25) is 4.79 Å². The number of allylic oxidation sites excluding steroid dienone is 1. The highest BCUT2D eigenvalue weighted by atomic mass is 19.3. The van der Waals surface area contributed by atoms with Crippen molar-refractivity contribution in [2.45, 2.75) is 63.9 Å². The van der Waals surface area contributed by atoms with Crippen molar-refractivity contribution < 1.29 is 18.7 Å². The fraction of sp³-hybridized carbons (Fsp3) is 0.762. The van der Waals surface area contributed by atoms with Gasteiger partial charge in [-0.25, -0.2) is 8.78 Å². The molecule has 0 heterocycles. The van der Waals surface area contributed by atoms with E-state index in [2.05, 4.69) is 5.92 Å². The van der Waals surface area contributed by atoms with Gasteiger partial charge in [-0.2, -0.15) is 0 Å². The van der Waals surface area contributed by atoms with Crippen LogP contribution in [-0.2, 0) is 4.79 Å². The van der Waals surface area contributed by atoms with Gasteiger partial charge in [0.05, 0.1) is 0 Å². The lowest BCUT2D eigenvalue weighted by atomic mass is 9.47. The Kier molecular flexibility index (Phi) is 3.89. The quantitative estimate of drug-likeness (QED) is 0.728. The van der Waals surface area contributed by atoms with Crippen LogP contribution in [0.3, 0.4) is 0 Å². The Balaban J connectivity index is 1.76. The SMILES string of the molecule is C#C[C@]1(O)CCC2C3CCC4=CC(=O)CCC4C3C(C(F)F)C[C@@]21C. The zero-order valence-corrected chi connectivity index (χ0v) is 14.7. The van der Waals surface area contributed by atoms with Crippen molar-refractivity contribution in [1.29, 1.82) is 0 Å². The van der Waals surface area contributed by atoms with Gasteiger partial charge in [0.25, 0.3) is 0 Å². The van der Waals surface area contributed by atoms with E-state index in [-0.39, 0.29) is 35.9 Å². The number of hydrogen-bond acceptors (Lipinski definition) is 2. The number of fused-ring (bicyclic) bond motifs is 5. The largest absolute Gasteiger partial charge is 0.377 e. The number of hydrogen-bond donors (Lipinski definition) is 1. The summed E-state index contributed by atoms with van der Waals surface area (Å²) in [5.41, 5.74) is -0.804. The van der Waals surface area contributed by atoms with Gasteiger partial charge in [-0.1, -0.05) is 18.4 Å². The first-order valence-corrected chi connectivity index (χ1v) is 9.52. The van der Waals surface area contributed by atoms with E-state index in [1.165, 1.54) is 0 Å². The first-order valence-electron chi connectivity index (χ1n) is 9.52. The van der Waals surface area contributed by atoms with Crippen molar-refractivity contribution in [3.05, 3.63) is 11.6 Å². The van der Waals surface area contributed by atoms with Gasteiger partial charge in [0.2, 0.25) is 6.43 Å². The molecule has 1 N–H and O–H groups in total. The van der Waals surface area contributed by atoms with Gasteiger partial charge in [0.1, 0.15) is 5.60 Å². The molecule has 4 aliphatic carbocycles. The fourth-order valence-corrected chi connectivity index (χ4v) is 6.88. The van der Waals surface area contributed by atoms with Crippen LogP contribution in [0.25, 0.3) is 0 Å². The number of aliphatic hydroxyl groups is 1. The van der Waals surface area contributed by atoms with E-state index in [1.54, 1.807) is 6.08 Å². The second-order valence-corrected chi connectivity index (χ2v) is 8.88. The Morgan fingerprint density at radius 1 is 1.32 bits per heavy atom. The Morgan fingerprint density at radius 3 is 2.76 bits per heavy atom. The molecule has 0 aromatic heterocycles. The molecule has 3 saturated carbocycles. The molecule has 3 fully saturated rings. The minimum Gasteiger partial charge on any atom is -0.377 e. The van der Waals surface area contributed by atoms with Crippen LogP contribution in [0.2, 0.25) is 0 Å². The normalized spacial score (nSPS) is 49.0. The first kappa shape index (κ1) is 17.2. The van der Waals surface area contributed by atoms with Gasteiger partial charge in [0, 0.05) is 17.8 Å². The van der Waals surface area contributed by atoms with Crippen LogP contribution >= 0.6 is 0 Å². The topological polar surface area (TPSA) is 37.3 Å². The second-order valence-electron chi connectivity index (χ2n) is 8.88. The fourth-order valence-electron chi connectivity index (χ4n) is 6.88. The van der Waals surface area contributed by atoms with Crippen LogP contribution in [0.5, 0.6) is 0 Å². The van der Waals surface area contributed by atoms with Gasteiger partial charge >= 0.3 is 0 Å². The average molecular weight is 348 g/mol. The Bertz CT molecular complexity index is 663. The number of carbonyl (C=O) groups excluding carboxylic acids is 1. The third-order valence-electron chi connectivity index (χ3n) is 8.06. The molecule has 0 bridgehead atoms. The summed E-state index contributed by atoms with van der Waals surface area (Å²) in [6, 6.07) is 0. The van der Waals surface area contributed by atoms with Crippen LogP contribution in [0.15, 0.2) is 11.6 Å². The molecular formula is C21H26F2O2. The maximum absolute atomic E-state index is 14.1. The van der Waals surface area contributed by atoms with Crippen molar-refractivity contribution in [2.75, 3.05) is 0 Å². The van der Waals surface area contributed by atoms with E-state index < -0.39 is 23.4 Å². The standard InChI is InChI=1S/C21H26F2O2/c1-3-21(25)9-8-17-15-6-4-12-10-13(24)5-7-14(12)18(15)16(19(22)23)11-20(17,21)2/h1,10,14-19,25H,4-9,11H2,2H3/t14?,15?,16?,17?,18?,20-,21-/m0/s1. The summed E-state index contributed by atoms with van der Waals surface area (Å²) in [7, 11) is 0. The van der Waals surface area contributed by atoms with E-state index in [9.17, 15) is 18.7 Å². The number of rotatable bonds is 1. The molecule has 0 radical (unpaired) electrons. The van der Waals surface area contributed by atoms with E-state index in [4.69, 9.17) is 6.42 Å². The summed E-state index contributed by atoms with van der Waals surface area (Å²) in [6.07, 6.45) is 9.42. The van der Waals surface area contributed by atoms with Crippen molar-refractivity contribution in [3.8, 4) is 12.3 Å². The molecule has 0 saturated heterocycles. The smallest absolute Gasteiger partial charge is 0.241 e. The number of ketones is 1. The highest BCUT2D eigenvalue weighted by Crippen LogP contribution is 2.66.